The fraction of sp³-hybridized carbons (Fsp3) is 0.455. The maximum atomic E-state index is 15.1. The predicted octanol–water partition coefficient (Wildman–Crippen LogP) is 2.77. The standard InChI is InChI=1S/C22H24FN3O3/c1-24-18-4-2-3-12-9-25(10-15(12)18)20-8-19-14(7-17(20)23)21(27)16(22(28)29)11-26(19)13-5-6-13/h2-3,7-8,11-13,15,18,24H,4-6,9-10H2,1H3,(H,28,29)/t12-,15+,18+/m0/s1. The van der Waals surface area contributed by atoms with Crippen molar-refractivity contribution in [2.45, 2.75) is 31.3 Å². The second-order valence-corrected chi connectivity index (χ2v) is 8.43. The molecule has 2 fully saturated rings. The Morgan fingerprint density at radius 2 is 2.07 bits per heavy atom. The highest BCUT2D eigenvalue weighted by molar-refractivity contribution is 5.93. The SMILES string of the molecule is CN[C@@H]1CC=C[C@H]2CN(c3cc4c(cc3F)c(=O)c(C(=O)O)cn4C3CC3)C[C@H]21. The van der Waals surface area contributed by atoms with Crippen LogP contribution in [0.4, 0.5) is 10.1 Å². The quantitative estimate of drug-likeness (QED) is 0.776. The van der Waals surface area contributed by atoms with Gasteiger partial charge in [0.25, 0.3) is 0 Å². The Labute approximate surface area is 167 Å². The summed E-state index contributed by atoms with van der Waals surface area (Å²) in [5.74, 6) is -0.955. The van der Waals surface area contributed by atoms with E-state index >= 15 is 4.39 Å². The number of pyridine rings is 1. The number of carbonyl (C=O) groups is 1. The summed E-state index contributed by atoms with van der Waals surface area (Å²) in [7, 11) is 1.97. The lowest BCUT2D eigenvalue weighted by atomic mass is 9.83. The molecular formula is C22H24FN3O3. The Hall–Kier alpha value is -2.67. The third kappa shape index (κ3) is 2.95. The normalized spacial score (nSPS) is 26.1. The number of fused-ring (bicyclic) bond motifs is 2. The van der Waals surface area contributed by atoms with E-state index in [9.17, 15) is 14.7 Å². The Bertz CT molecular complexity index is 1090. The average Bonchev–Trinajstić information content (AvgIpc) is 3.45. The van der Waals surface area contributed by atoms with Gasteiger partial charge in [-0.25, -0.2) is 9.18 Å². The molecule has 0 radical (unpaired) electrons. The van der Waals surface area contributed by atoms with E-state index in [0.717, 1.165) is 32.4 Å². The fourth-order valence-corrected chi connectivity index (χ4v) is 4.99. The summed E-state index contributed by atoms with van der Waals surface area (Å²) >= 11 is 0. The zero-order chi connectivity index (χ0) is 20.3. The minimum absolute atomic E-state index is 0.141. The summed E-state index contributed by atoms with van der Waals surface area (Å²) in [5.41, 5.74) is 0.190. The molecule has 3 aliphatic rings. The van der Waals surface area contributed by atoms with Gasteiger partial charge in [-0.2, -0.15) is 0 Å². The molecule has 1 aliphatic heterocycles. The van der Waals surface area contributed by atoms with Gasteiger partial charge in [-0.05, 0) is 44.4 Å². The van der Waals surface area contributed by atoms with Crippen LogP contribution in [0.25, 0.3) is 10.9 Å². The average molecular weight is 397 g/mol. The van der Waals surface area contributed by atoms with Crippen LogP contribution in [0, 0.1) is 17.7 Å². The van der Waals surface area contributed by atoms with Gasteiger partial charge in [-0.3, -0.25) is 4.79 Å². The molecule has 2 heterocycles. The number of aromatic nitrogens is 1. The summed E-state index contributed by atoms with van der Waals surface area (Å²) in [6, 6.07) is 3.52. The third-order valence-corrected chi connectivity index (χ3v) is 6.69. The number of carboxylic acids is 1. The van der Waals surface area contributed by atoms with Crippen LogP contribution >= 0.6 is 0 Å². The molecule has 0 amide bonds. The first kappa shape index (κ1) is 18.4. The second-order valence-electron chi connectivity index (χ2n) is 8.43. The second kappa shape index (κ2) is 6.69. The van der Waals surface area contributed by atoms with Crippen LogP contribution in [0.1, 0.15) is 35.7 Å². The molecule has 3 atom stereocenters. The van der Waals surface area contributed by atoms with Crippen molar-refractivity contribution < 1.29 is 14.3 Å². The van der Waals surface area contributed by atoms with Gasteiger partial charge in [-0.15, -0.1) is 0 Å². The number of nitrogens with zero attached hydrogens (tertiary/aromatic N) is 2. The molecule has 2 N–H and O–H groups in total. The van der Waals surface area contributed by atoms with E-state index in [1.807, 2.05) is 11.6 Å². The first-order valence-corrected chi connectivity index (χ1v) is 10.2. The highest BCUT2D eigenvalue weighted by Gasteiger charge is 2.38. The number of rotatable bonds is 4. The predicted molar refractivity (Wildman–Crippen MR) is 109 cm³/mol. The largest absolute Gasteiger partial charge is 0.477 e. The number of carboxylic acid groups (broad SMARTS) is 1. The summed E-state index contributed by atoms with van der Waals surface area (Å²) < 4.78 is 17.0. The number of hydrogen-bond acceptors (Lipinski definition) is 4. The van der Waals surface area contributed by atoms with Crippen molar-refractivity contribution in [1.29, 1.82) is 0 Å². The molecule has 1 aromatic heterocycles. The molecule has 29 heavy (non-hydrogen) atoms. The lowest BCUT2D eigenvalue weighted by Crippen LogP contribution is -2.39. The van der Waals surface area contributed by atoms with Crippen LogP contribution in [0.3, 0.4) is 0 Å². The Balaban J connectivity index is 1.61. The summed E-state index contributed by atoms with van der Waals surface area (Å²) in [5, 5.41) is 12.9. The van der Waals surface area contributed by atoms with Crippen molar-refractivity contribution in [3.8, 4) is 0 Å². The maximum Gasteiger partial charge on any atom is 0.341 e. The molecule has 0 spiro atoms. The molecule has 1 saturated carbocycles. The van der Waals surface area contributed by atoms with Crippen molar-refractivity contribution in [3.05, 3.63) is 52.1 Å². The highest BCUT2D eigenvalue weighted by atomic mass is 19.1. The molecule has 1 saturated heterocycles. The zero-order valence-corrected chi connectivity index (χ0v) is 16.3. The Morgan fingerprint density at radius 1 is 1.28 bits per heavy atom. The summed E-state index contributed by atoms with van der Waals surface area (Å²) in [6.45, 7) is 1.49. The van der Waals surface area contributed by atoms with E-state index in [0.29, 0.717) is 29.1 Å². The number of benzene rings is 1. The lowest BCUT2D eigenvalue weighted by Gasteiger charge is -2.28. The van der Waals surface area contributed by atoms with Crippen LogP contribution in [-0.4, -0.2) is 41.8 Å². The van der Waals surface area contributed by atoms with Gasteiger partial charge in [-0.1, -0.05) is 12.2 Å². The molecule has 0 bridgehead atoms. The third-order valence-electron chi connectivity index (χ3n) is 6.69. The number of aromatic carboxylic acids is 1. The molecule has 7 heteroatoms. The minimum Gasteiger partial charge on any atom is -0.477 e. The van der Waals surface area contributed by atoms with Crippen LogP contribution < -0.4 is 15.6 Å². The van der Waals surface area contributed by atoms with Crippen LogP contribution in [0.15, 0.2) is 35.3 Å². The minimum atomic E-state index is -1.27. The number of halogens is 1. The smallest absolute Gasteiger partial charge is 0.341 e. The van der Waals surface area contributed by atoms with Gasteiger partial charge in [0.15, 0.2) is 0 Å². The van der Waals surface area contributed by atoms with E-state index in [4.69, 9.17) is 0 Å². The number of nitrogens with one attached hydrogen (secondary N) is 1. The highest BCUT2D eigenvalue weighted by Crippen LogP contribution is 2.40. The van der Waals surface area contributed by atoms with E-state index in [-0.39, 0.29) is 17.0 Å². The molecule has 6 nitrogen and oxygen atoms in total. The van der Waals surface area contributed by atoms with Crippen molar-refractivity contribution in [3.63, 3.8) is 0 Å². The Morgan fingerprint density at radius 3 is 2.76 bits per heavy atom. The lowest BCUT2D eigenvalue weighted by molar-refractivity contribution is 0.0695. The van der Waals surface area contributed by atoms with Gasteiger partial charge >= 0.3 is 5.97 Å². The topological polar surface area (TPSA) is 74.6 Å². The number of anilines is 1. The molecular weight excluding hydrogens is 373 g/mol. The first-order valence-electron chi connectivity index (χ1n) is 10.2. The van der Waals surface area contributed by atoms with E-state index in [1.54, 1.807) is 6.07 Å². The molecule has 1 aromatic carbocycles. The van der Waals surface area contributed by atoms with E-state index < -0.39 is 17.2 Å². The zero-order valence-electron chi connectivity index (χ0n) is 16.3. The summed E-state index contributed by atoms with van der Waals surface area (Å²) in [6.07, 6.45) is 8.71. The van der Waals surface area contributed by atoms with Crippen molar-refractivity contribution in [2.24, 2.45) is 11.8 Å². The van der Waals surface area contributed by atoms with Crippen LogP contribution in [-0.2, 0) is 0 Å². The van der Waals surface area contributed by atoms with Crippen LogP contribution in [0.2, 0.25) is 0 Å². The molecule has 2 aliphatic carbocycles. The van der Waals surface area contributed by atoms with Crippen molar-refractivity contribution in [1.82, 2.24) is 9.88 Å². The van der Waals surface area contributed by atoms with Gasteiger partial charge in [0.2, 0.25) is 5.43 Å². The van der Waals surface area contributed by atoms with Gasteiger partial charge in [0, 0.05) is 42.7 Å². The molecule has 2 aromatic rings. The van der Waals surface area contributed by atoms with E-state index in [2.05, 4.69) is 22.4 Å². The van der Waals surface area contributed by atoms with Gasteiger partial charge in [0.05, 0.1) is 11.2 Å². The molecule has 0 unspecified atom stereocenters. The Kier molecular flexibility index (Phi) is 4.24. The van der Waals surface area contributed by atoms with Crippen molar-refractivity contribution >= 4 is 22.6 Å². The molecule has 152 valence electrons. The van der Waals surface area contributed by atoms with E-state index in [1.165, 1.54) is 12.3 Å². The van der Waals surface area contributed by atoms with Gasteiger partial charge in [0.1, 0.15) is 11.4 Å². The van der Waals surface area contributed by atoms with Crippen LogP contribution in [0.5, 0.6) is 0 Å². The van der Waals surface area contributed by atoms with Gasteiger partial charge < -0.3 is 19.9 Å². The summed E-state index contributed by atoms with van der Waals surface area (Å²) in [4.78, 5) is 26.2. The fourth-order valence-electron chi connectivity index (χ4n) is 4.99. The number of hydrogen-bond donors (Lipinski definition) is 2. The van der Waals surface area contributed by atoms with Crippen molar-refractivity contribution in [2.75, 3.05) is 25.0 Å². The first-order chi connectivity index (χ1) is 14.0. The monoisotopic (exact) mass is 397 g/mol. The maximum absolute atomic E-state index is 15.1. The molecule has 5 rings (SSSR count).